The third kappa shape index (κ3) is 3.85. The van der Waals surface area contributed by atoms with Crippen molar-refractivity contribution in [3.8, 4) is 11.5 Å². The van der Waals surface area contributed by atoms with Gasteiger partial charge >= 0.3 is 0 Å². The van der Waals surface area contributed by atoms with Gasteiger partial charge in [0.1, 0.15) is 11.5 Å². The van der Waals surface area contributed by atoms with Crippen molar-refractivity contribution in [2.45, 2.75) is 40.2 Å². The summed E-state index contributed by atoms with van der Waals surface area (Å²) in [5.41, 5.74) is 5.21. The van der Waals surface area contributed by atoms with Gasteiger partial charge in [-0.1, -0.05) is 26.0 Å². The first-order valence-electron chi connectivity index (χ1n) is 7.53. The summed E-state index contributed by atoms with van der Waals surface area (Å²) in [6.45, 7) is 9.57. The maximum atomic E-state index is 5.99. The topological polar surface area (TPSA) is 21.3 Å². The molecule has 0 fully saturated rings. The molecule has 0 heterocycles. The van der Waals surface area contributed by atoms with Crippen LogP contribution in [0.2, 0.25) is 0 Å². The summed E-state index contributed by atoms with van der Waals surface area (Å²) < 4.78 is 5.99. The van der Waals surface area contributed by atoms with Gasteiger partial charge in [0.25, 0.3) is 0 Å². The fourth-order valence-electron chi connectivity index (χ4n) is 2.62. The minimum atomic E-state index is 0.544. The Bertz CT molecular complexity index is 617. The lowest BCUT2D eigenvalue weighted by atomic mass is 9.98. The van der Waals surface area contributed by atoms with Gasteiger partial charge in [-0.05, 0) is 73.3 Å². The second-order valence-corrected chi connectivity index (χ2v) is 5.89. The quantitative estimate of drug-likeness (QED) is 0.839. The van der Waals surface area contributed by atoms with Crippen LogP contribution in [0.15, 0.2) is 36.4 Å². The Hall–Kier alpha value is -1.80. The zero-order valence-corrected chi connectivity index (χ0v) is 13.7. The van der Waals surface area contributed by atoms with Gasteiger partial charge in [-0.3, -0.25) is 0 Å². The maximum absolute atomic E-state index is 5.99. The summed E-state index contributed by atoms with van der Waals surface area (Å²) in [5, 5.41) is 3.18. The highest BCUT2D eigenvalue weighted by Crippen LogP contribution is 2.28. The van der Waals surface area contributed by atoms with E-state index >= 15 is 0 Å². The highest BCUT2D eigenvalue weighted by atomic mass is 16.5. The zero-order chi connectivity index (χ0) is 15.4. The molecule has 2 aromatic carbocycles. The van der Waals surface area contributed by atoms with Crippen LogP contribution in [0.3, 0.4) is 0 Å². The van der Waals surface area contributed by atoms with Crippen LogP contribution in [0.1, 0.15) is 42.0 Å². The van der Waals surface area contributed by atoms with E-state index in [9.17, 15) is 0 Å². The summed E-state index contributed by atoms with van der Waals surface area (Å²) in [6, 6.07) is 12.6. The van der Waals surface area contributed by atoms with Gasteiger partial charge in [0, 0.05) is 6.54 Å². The first kappa shape index (κ1) is 15.6. The van der Waals surface area contributed by atoms with E-state index in [1.807, 2.05) is 13.1 Å². The molecule has 0 saturated carbocycles. The first-order chi connectivity index (χ1) is 10.0. The molecular weight excluding hydrogens is 258 g/mol. The summed E-state index contributed by atoms with van der Waals surface area (Å²) in [7, 11) is 1.96. The molecule has 0 bridgehead atoms. The van der Waals surface area contributed by atoms with E-state index in [2.05, 4.69) is 63.3 Å². The van der Waals surface area contributed by atoms with Gasteiger partial charge in [0.2, 0.25) is 0 Å². The van der Waals surface area contributed by atoms with E-state index in [4.69, 9.17) is 4.74 Å². The molecule has 2 heteroatoms. The fourth-order valence-corrected chi connectivity index (χ4v) is 2.62. The second kappa shape index (κ2) is 6.77. The molecule has 0 atom stereocenters. The lowest BCUT2D eigenvalue weighted by Crippen LogP contribution is -2.06. The van der Waals surface area contributed by atoms with Crippen molar-refractivity contribution in [2.24, 2.45) is 0 Å². The molecule has 0 aliphatic rings. The zero-order valence-electron chi connectivity index (χ0n) is 13.7. The van der Waals surface area contributed by atoms with Gasteiger partial charge < -0.3 is 10.1 Å². The van der Waals surface area contributed by atoms with Crippen LogP contribution >= 0.6 is 0 Å². The Morgan fingerprint density at radius 3 is 2.10 bits per heavy atom. The number of hydrogen-bond donors (Lipinski definition) is 1. The van der Waals surface area contributed by atoms with Crippen molar-refractivity contribution in [3.05, 3.63) is 58.7 Å². The normalized spacial score (nSPS) is 11.0. The number of rotatable bonds is 5. The fraction of sp³-hybridized carbons (Fsp3) is 0.368. The van der Waals surface area contributed by atoms with E-state index in [-0.39, 0.29) is 0 Å². The number of aryl methyl sites for hydroxylation is 2. The Kier molecular flexibility index (Phi) is 5.03. The lowest BCUT2D eigenvalue weighted by Gasteiger charge is -2.13. The van der Waals surface area contributed by atoms with Crippen LogP contribution in [-0.4, -0.2) is 7.05 Å². The molecule has 21 heavy (non-hydrogen) atoms. The van der Waals surface area contributed by atoms with Crippen LogP contribution in [0.4, 0.5) is 0 Å². The van der Waals surface area contributed by atoms with Crippen molar-refractivity contribution in [1.29, 1.82) is 0 Å². The van der Waals surface area contributed by atoms with Crippen LogP contribution in [0.25, 0.3) is 0 Å². The van der Waals surface area contributed by atoms with E-state index in [0.717, 1.165) is 18.0 Å². The van der Waals surface area contributed by atoms with Crippen LogP contribution in [-0.2, 0) is 6.54 Å². The SMILES string of the molecule is CNCc1ccc(Oc2ccc(C(C)C)c(C)c2)cc1C. The predicted octanol–water partition coefficient (Wildman–Crippen LogP) is 4.94. The van der Waals surface area contributed by atoms with Crippen molar-refractivity contribution in [2.75, 3.05) is 7.05 Å². The molecule has 0 saturated heterocycles. The largest absolute Gasteiger partial charge is 0.457 e. The monoisotopic (exact) mass is 283 g/mol. The van der Waals surface area contributed by atoms with Crippen LogP contribution in [0, 0.1) is 13.8 Å². The van der Waals surface area contributed by atoms with Gasteiger partial charge in [0.15, 0.2) is 0 Å². The Balaban J connectivity index is 2.18. The molecule has 0 spiro atoms. The molecule has 0 unspecified atom stereocenters. The molecule has 2 nitrogen and oxygen atoms in total. The molecular formula is C19H25NO. The highest BCUT2D eigenvalue weighted by Gasteiger charge is 2.06. The lowest BCUT2D eigenvalue weighted by molar-refractivity contribution is 0.481. The van der Waals surface area contributed by atoms with Crippen molar-refractivity contribution < 1.29 is 4.74 Å². The third-order valence-corrected chi connectivity index (χ3v) is 3.78. The van der Waals surface area contributed by atoms with Crippen LogP contribution in [0.5, 0.6) is 11.5 Å². The average Bonchev–Trinajstić information content (AvgIpc) is 2.41. The van der Waals surface area contributed by atoms with Gasteiger partial charge in [-0.2, -0.15) is 0 Å². The Morgan fingerprint density at radius 1 is 0.952 bits per heavy atom. The summed E-state index contributed by atoms with van der Waals surface area (Å²) in [4.78, 5) is 0. The third-order valence-electron chi connectivity index (χ3n) is 3.78. The molecule has 0 amide bonds. The Morgan fingerprint density at radius 2 is 1.57 bits per heavy atom. The van der Waals surface area contributed by atoms with E-state index < -0.39 is 0 Å². The first-order valence-corrected chi connectivity index (χ1v) is 7.53. The Labute approximate surface area is 128 Å². The summed E-state index contributed by atoms with van der Waals surface area (Å²) >= 11 is 0. The predicted molar refractivity (Wildman–Crippen MR) is 89.3 cm³/mol. The van der Waals surface area contributed by atoms with Gasteiger partial charge in [0.05, 0.1) is 0 Å². The van der Waals surface area contributed by atoms with Crippen molar-refractivity contribution >= 4 is 0 Å². The molecule has 0 aromatic heterocycles. The average molecular weight is 283 g/mol. The number of benzene rings is 2. The number of ether oxygens (including phenoxy) is 1. The van der Waals surface area contributed by atoms with E-state index in [0.29, 0.717) is 5.92 Å². The minimum Gasteiger partial charge on any atom is -0.457 e. The van der Waals surface area contributed by atoms with Crippen molar-refractivity contribution in [3.63, 3.8) is 0 Å². The maximum Gasteiger partial charge on any atom is 0.127 e. The highest BCUT2D eigenvalue weighted by molar-refractivity contribution is 5.41. The van der Waals surface area contributed by atoms with E-state index in [1.54, 1.807) is 0 Å². The smallest absolute Gasteiger partial charge is 0.127 e. The van der Waals surface area contributed by atoms with Crippen LogP contribution < -0.4 is 10.1 Å². The molecule has 1 N–H and O–H groups in total. The molecule has 0 aliphatic carbocycles. The minimum absolute atomic E-state index is 0.544. The van der Waals surface area contributed by atoms with E-state index in [1.165, 1.54) is 22.3 Å². The molecule has 0 aliphatic heterocycles. The number of nitrogens with one attached hydrogen (secondary N) is 1. The molecule has 2 aromatic rings. The summed E-state index contributed by atoms with van der Waals surface area (Å²) in [6.07, 6.45) is 0. The van der Waals surface area contributed by atoms with Gasteiger partial charge in [-0.25, -0.2) is 0 Å². The molecule has 2 rings (SSSR count). The second-order valence-electron chi connectivity index (χ2n) is 5.89. The van der Waals surface area contributed by atoms with Gasteiger partial charge in [-0.15, -0.1) is 0 Å². The number of hydrogen-bond acceptors (Lipinski definition) is 2. The molecule has 0 radical (unpaired) electrons. The molecule has 112 valence electrons. The van der Waals surface area contributed by atoms with Crippen molar-refractivity contribution in [1.82, 2.24) is 5.32 Å². The standard InChI is InChI=1S/C19H25NO/c1-13(2)19-9-8-18(11-15(19)4)21-17-7-6-16(12-20-5)14(3)10-17/h6-11,13,20H,12H2,1-5H3. The summed E-state index contributed by atoms with van der Waals surface area (Å²) in [5.74, 6) is 2.34.